The summed E-state index contributed by atoms with van der Waals surface area (Å²) in [6.45, 7) is 3.01. The lowest BCUT2D eigenvalue weighted by molar-refractivity contribution is -0.142. The van der Waals surface area contributed by atoms with Crippen molar-refractivity contribution in [3.05, 3.63) is 0 Å². The molecule has 3 fully saturated rings. The Morgan fingerprint density at radius 1 is 1.20 bits per heavy atom. The molecule has 2 heterocycles. The first-order chi connectivity index (χ1) is 9.56. The van der Waals surface area contributed by atoms with Crippen LogP contribution in [0.5, 0.6) is 0 Å². The maximum atomic E-state index is 12.3. The molecule has 2 amide bonds. The largest absolute Gasteiger partial charge is 0.481 e. The molecule has 0 aromatic carbocycles. The Balaban J connectivity index is 1.54. The maximum Gasteiger partial charge on any atom is 0.317 e. The second-order valence-electron chi connectivity index (χ2n) is 6.86. The smallest absolute Gasteiger partial charge is 0.317 e. The molecule has 112 valence electrons. The number of hydrogen-bond acceptors (Lipinski definition) is 2. The van der Waals surface area contributed by atoms with Crippen molar-refractivity contribution in [3.63, 3.8) is 0 Å². The topological polar surface area (TPSA) is 69.6 Å². The molecule has 0 radical (unpaired) electrons. The molecule has 20 heavy (non-hydrogen) atoms. The van der Waals surface area contributed by atoms with E-state index >= 15 is 0 Å². The van der Waals surface area contributed by atoms with Crippen LogP contribution in [0, 0.1) is 17.8 Å². The maximum absolute atomic E-state index is 12.3. The first-order valence-corrected chi connectivity index (χ1v) is 7.85. The molecule has 3 rings (SSSR count). The summed E-state index contributed by atoms with van der Waals surface area (Å²) in [6, 6.07) is 0.0180. The van der Waals surface area contributed by atoms with Gasteiger partial charge in [0.15, 0.2) is 0 Å². The Morgan fingerprint density at radius 3 is 2.60 bits per heavy atom. The third kappa shape index (κ3) is 2.38. The first-order valence-electron chi connectivity index (χ1n) is 7.85. The molecule has 2 bridgehead atoms. The fourth-order valence-electron chi connectivity index (χ4n) is 4.40. The summed E-state index contributed by atoms with van der Waals surface area (Å²) in [5.74, 6) is 0.270. The summed E-state index contributed by atoms with van der Waals surface area (Å²) in [5, 5.41) is 12.2. The van der Waals surface area contributed by atoms with Gasteiger partial charge in [-0.15, -0.1) is 0 Å². The van der Waals surface area contributed by atoms with Crippen LogP contribution in [0.25, 0.3) is 0 Å². The van der Waals surface area contributed by atoms with E-state index in [0.717, 1.165) is 25.3 Å². The van der Waals surface area contributed by atoms with Crippen LogP contribution in [0.2, 0.25) is 0 Å². The monoisotopic (exact) mass is 280 g/mol. The van der Waals surface area contributed by atoms with Gasteiger partial charge in [-0.3, -0.25) is 4.79 Å². The molecule has 5 nitrogen and oxygen atoms in total. The van der Waals surface area contributed by atoms with Gasteiger partial charge in [0.25, 0.3) is 0 Å². The number of nitrogens with zero attached hydrogens (tertiary/aromatic N) is 1. The van der Waals surface area contributed by atoms with Crippen LogP contribution in [0.3, 0.4) is 0 Å². The Hall–Kier alpha value is -1.26. The predicted octanol–water partition coefficient (Wildman–Crippen LogP) is 2.07. The molecule has 5 heteroatoms. The van der Waals surface area contributed by atoms with Gasteiger partial charge in [0, 0.05) is 18.6 Å². The molecular weight excluding hydrogens is 256 g/mol. The van der Waals surface area contributed by atoms with Gasteiger partial charge in [-0.2, -0.15) is 0 Å². The minimum Gasteiger partial charge on any atom is -0.481 e. The summed E-state index contributed by atoms with van der Waals surface area (Å²) in [5.41, 5.74) is 0. The van der Waals surface area contributed by atoms with Gasteiger partial charge in [0.05, 0.1) is 5.92 Å². The standard InChI is InChI=1S/C15H24N2O3/c1-9-2-3-10(6-9)8-16-15(20)17-11-4-5-13(17)12(7-11)14(18)19/h9-13H,2-8H2,1H3,(H,16,20)(H,18,19). The van der Waals surface area contributed by atoms with Crippen LogP contribution < -0.4 is 5.32 Å². The Kier molecular flexibility index (Phi) is 3.61. The zero-order chi connectivity index (χ0) is 14.3. The summed E-state index contributed by atoms with van der Waals surface area (Å²) in [4.78, 5) is 25.4. The number of hydrogen-bond donors (Lipinski definition) is 2. The van der Waals surface area contributed by atoms with Gasteiger partial charge >= 0.3 is 12.0 Å². The second-order valence-corrected chi connectivity index (χ2v) is 6.86. The van der Waals surface area contributed by atoms with Gasteiger partial charge in [0.2, 0.25) is 0 Å². The normalized spacial score (nSPS) is 39.2. The van der Waals surface area contributed by atoms with Crippen molar-refractivity contribution >= 4 is 12.0 Å². The first kappa shape index (κ1) is 13.7. The number of carbonyl (C=O) groups excluding carboxylic acids is 1. The van der Waals surface area contributed by atoms with Crippen molar-refractivity contribution in [2.75, 3.05) is 6.54 Å². The molecule has 1 saturated carbocycles. The highest BCUT2D eigenvalue weighted by molar-refractivity contribution is 5.79. The van der Waals surface area contributed by atoms with Gasteiger partial charge in [-0.05, 0) is 43.9 Å². The van der Waals surface area contributed by atoms with Gasteiger partial charge in [0.1, 0.15) is 0 Å². The van der Waals surface area contributed by atoms with E-state index in [9.17, 15) is 14.7 Å². The SMILES string of the molecule is CC1CCC(CNC(=O)N2C3CCC2C(C(=O)O)C3)C1. The highest BCUT2D eigenvalue weighted by Gasteiger charge is 2.51. The predicted molar refractivity (Wildman–Crippen MR) is 74.3 cm³/mol. The van der Waals surface area contributed by atoms with Crippen LogP contribution in [0.4, 0.5) is 4.79 Å². The van der Waals surface area contributed by atoms with Crippen molar-refractivity contribution in [2.45, 2.75) is 57.5 Å². The molecule has 0 aromatic heterocycles. The highest BCUT2D eigenvalue weighted by Crippen LogP contribution is 2.41. The van der Waals surface area contributed by atoms with E-state index in [2.05, 4.69) is 12.2 Å². The van der Waals surface area contributed by atoms with E-state index in [4.69, 9.17) is 0 Å². The van der Waals surface area contributed by atoms with Crippen molar-refractivity contribution in [1.29, 1.82) is 0 Å². The van der Waals surface area contributed by atoms with E-state index in [-0.39, 0.29) is 24.0 Å². The van der Waals surface area contributed by atoms with Crippen molar-refractivity contribution in [1.82, 2.24) is 10.2 Å². The third-order valence-electron chi connectivity index (χ3n) is 5.43. The van der Waals surface area contributed by atoms with Crippen LogP contribution in [0.1, 0.15) is 45.4 Å². The third-order valence-corrected chi connectivity index (χ3v) is 5.43. The average molecular weight is 280 g/mol. The van der Waals surface area contributed by atoms with E-state index in [1.165, 1.54) is 19.3 Å². The molecule has 2 N–H and O–H groups in total. The Labute approximate surface area is 119 Å². The van der Waals surface area contributed by atoms with Gasteiger partial charge in [-0.1, -0.05) is 13.3 Å². The lowest BCUT2D eigenvalue weighted by atomic mass is 9.89. The Morgan fingerprint density at radius 2 is 2.00 bits per heavy atom. The van der Waals surface area contributed by atoms with Crippen LogP contribution in [-0.4, -0.2) is 40.6 Å². The van der Waals surface area contributed by atoms with Crippen molar-refractivity contribution < 1.29 is 14.7 Å². The van der Waals surface area contributed by atoms with E-state index in [0.29, 0.717) is 12.3 Å². The van der Waals surface area contributed by atoms with E-state index in [1.54, 1.807) is 0 Å². The number of fused-ring (bicyclic) bond motifs is 2. The summed E-state index contributed by atoms with van der Waals surface area (Å²) >= 11 is 0. The lowest BCUT2D eigenvalue weighted by Gasteiger charge is -2.24. The average Bonchev–Trinajstić information content (AvgIpc) is 3.09. The van der Waals surface area contributed by atoms with E-state index in [1.807, 2.05) is 4.90 Å². The number of urea groups is 1. The summed E-state index contributed by atoms with van der Waals surface area (Å²) in [6.07, 6.45) is 6.10. The lowest BCUT2D eigenvalue weighted by Crippen LogP contribution is -2.45. The van der Waals surface area contributed by atoms with Crippen LogP contribution >= 0.6 is 0 Å². The highest BCUT2D eigenvalue weighted by atomic mass is 16.4. The summed E-state index contributed by atoms with van der Waals surface area (Å²) in [7, 11) is 0. The zero-order valence-electron chi connectivity index (χ0n) is 12.0. The van der Waals surface area contributed by atoms with Crippen LogP contribution in [0.15, 0.2) is 0 Å². The van der Waals surface area contributed by atoms with Crippen molar-refractivity contribution in [3.8, 4) is 0 Å². The zero-order valence-corrected chi connectivity index (χ0v) is 12.0. The number of nitrogens with one attached hydrogen (secondary N) is 1. The van der Waals surface area contributed by atoms with Crippen molar-refractivity contribution in [2.24, 2.45) is 17.8 Å². The molecule has 3 aliphatic rings. The molecule has 2 saturated heterocycles. The summed E-state index contributed by atoms with van der Waals surface area (Å²) < 4.78 is 0. The number of carboxylic acids is 1. The van der Waals surface area contributed by atoms with Crippen LogP contribution in [-0.2, 0) is 4.79 Å². The van der Waals surface area contributed by atoms with Gasteiger partial charge < -0.3 is 15.3 Å². The molecular formula is C15H24N2O3. The fraction of sp³-hybridized carbons (Fsp3) is 0.867. The second kappa shape index (κ2) is 5.26. The van der Waals surface area contributed by atoms with Gasteiger partial charge in [-0.25, -0.2) is 4.79 Å². The number of carboxylic acid groups (broad SMARTS) is 1. The molecule has 5 atom stereocenters. The molecule has 1 aliphatic carbocycles. The molecule has 5 unspecified atom stereocenters. The number of amides is 2. The minimum atomic E-state index is -0.750. The Bertz CT molecular complexity index is 412. The molecule has 0 aromatic rings. The number of aliphatic carboxylic acids is 1. The number of rotatable bonds is 3. The molecule has 0 spiro atoms. The quantitative estimate of drug-likeness (QED) is 0.831. The number of carbonyl (C=O) groups is 2. The minimum absolute atomic E-state index is 0.0409. The molecule has 2 aliphatic heterocycles. The van der Waals surface area contributed by atoms with E-state index < -0.39 is 5.97 Å². The fourth-order valence-corrected chi connectivity index (χ4v) is 4.40.